The molecule has 0 aromatic heterocycles. The average Bonchev–Trinajstić information content (AvgIpc) is 2.94. The summed E-state index contributed by atoms with van der Waals surface area (Å²) in [5.74, 6) is -0.351. The zero-order chi connectivity index (χ0) is 28.9. The van der Waals surface area contributed by atoms with Crippen LogP contribution in [0.4, 0.5) is 17.1 Å². The molecule has 0 atom stereocenters. The largest absolute Gasteiger partial charge is 0.495 e. The lowest BCUT2D eigenvalue weighted by Crippen LogP contribution is -2.38. The minimum absolute atomic E-state index is 0.00968. The van der Waals surface area contributed by atoms with Crippen LogP contribution in [0.2, 0.25) is 0 Å². The summed E-state index contributed by atoms with van der Waals surface area (Å²) in [6.07, 6.45) is 0. The van der Waals surface area contributed by atoms with E-state index in [9.17, 15) is 21.6 Å². The van der Waals surface area contributed by atoms with Gasteiger partial charge in [-0.15, -0.1) is 0 Å². The molecule has 9 nitrogen and oxygen atoms in total. The molecule has 4 aromatic rings. The predicted molar refractivity (Wildman–Crippen MR) is 156 cm³/mol. The van der Waals surface area contributed by atoms with Gasteiger partial charge in [0.2, 0.25) is 5.91 Å². The van der Waals surface area contributed by atoms with Crippen molar-refractivity contribution in [1.82, 2.24) is 0 Å². The van der Waals surface area contributed by atoms with E-state index in [0.29, 0.717) is 11.4 Å². The van der Waals surface area contributed by atoms with Crippen molar-refractivity contribution in [2.45, 2.75) is 23.6 Å². The van der Waals surface area contributed by atoms with Crippen molar-refractivity contribution in [1.29, 1.82) is 0 Å². The van der Waals surface area contributed by atoms with Crippen LogP contribution in [0.25, 0.3) is 0 Å². The molecule has 0 aliphatic heterocycles. The monoisotopic (exact) mass is 579 g/mol. The van der Waals surface area contributed by atoms with Crippen molar-refractivity contribution >= 4 is 43.0 Å². The summed E-state index contributed by atoms with van der Waals surface area (Å²) in [5, 5.41) is 2.65. The maximum atomic E-state index is 13.6. The summed E-state index contributed by atoms with van der Waals surface area (Å²) in [6.45, 7) is 3.08. The number of sulfonamides is 2. The Balaban J connectivity index is 1.56. The first-order valence-electron chi connectivity index (χ1n) is 12.2. The van der Waals surface area contributed by atoms with Crippen LogP contribution in [-0.2, 0) is 24.8 Å². The van der Waals surface area contributed by atoms with Gasteiger partial charge in [-0.3, -0.25) is 13.8 Å². The smallest absolute Gasteiger partial charge is 0.264 e. The highest BCUT2D eigenvalue weighted by molar-refractivity contribution is 7.93. The van der Waals surface area contributed by atoms with Crippen molar-refractivity contribution in [3.8, 4) is 5.75 Å². The van der Waals surface area contributed by atoms with E-state index in [1.807, 2.05) is 32.0 Å². The second kappa shape index (κ2) is 11.8. The first-order valence-corrected chi connectivity index (χ1v) is 15.1. The molecule has 2 N–H and O–H groups in total. The fraction of sp³-hybridized carbons (Fsp3) is 0.138. The number of carbonyl (C=O) groups is 1. The van der Waals surface area contributed by atoms with Crippen molar-refractivity contribution in [2.75, 3.05) is 28.0 Å². The Kier molecular flexibility index (Phi) is 8.46. The summed E-state index contributed by atoms with van der Waals surface area (Å²) < 4.78 is 62.0. The van der Waals surface area contributed by atoms with Gasteiger partial charge in [0, 0.05) is 5.69 Å². The number of hydrogen-bond donors (Lipinski definition) is 2. The first kappa shape index (κ1) is 28.7. The molecule has 0 radical (unpaired) electrons. The van der Waals surface area contributed by atoms with Gasteiger partial charge in [0.05, 0.1) is 28.3 Å². The molecule has 0 unspecified atom stereocenters. The van der Waals surface area contributed by atoms with Gasteiger partial charge in [-0.25, -0.2) is 16.8 Å². The highest BCUT2D eigenvalue weighted by atomic mass is 32.2. The molecule has 0 saturated heterocycles. The van der Waals surface area contributed by atoms with E-state index < -0.39 is 32.5 Å². The first-order chi connectivity index (χ1) is 19.0. The third kappa shape index (κ3) is 6.27. The molecular formula is C29H29N3O6S2. The molecule has 11 heteroatoms. The summed E-state index contributed by atoms with van der Waals surface area (Å²) in [4.78, 5) is 13.1. The average molecular weight is 580 g/mol. The molecule has 208 valence electrons. The van der Waals surface area contributed by atoms with Gasteiger partial charge in [0.15, 0.2) is 0 Å². The van der Waals surface area contributed by atoms with E-state index in [0.717, 1.165) is 15.4 Å². The summed E-state index contributed by atoms with van der Waals surface area (Å²) in [6, 6.07) is 25.4. The van der Waals surface area contributed by atoms with Crippen molar-refractivity contribution in [3.05, 3.63) is 108 Å². The van der Waals surface area contributed by atoms with Crippen LogP contribution in [0.3, 0.4) is 0 Å². The Morgan fingerprint density at radius 3 is 1.98 bits per heavy atom. The Morgan fingerprint density at radius 1 is 0.750 bits per heavy atom. The lowest BCUT2D eigenvalue weighted by molar-refractivity contribution is -0.114. The Labute approximate surface area is 234 Å². The van der Waals surface area contributed by atoms with Gasteiger partial charge in [-0.05, 0) is 73.5 Å². The normalized spacial score (nSPS) is 11.5. The number of methoxy groups -OCH3 is 1. The third-order valence-corrected chi connectivity index (χ3v) is 9.28. The lowest BCUT2D eigenvalue weighted by Gasteiger charge is -2.25. The van der Waals surface area contributed by atoms with E-state index in [2.05, 4.69) is 10.0 Å². The molecule has 4 aromatic carbocycles. The number of carbonyl (C=O) groups excluding carboxylic acids is 1. The maximum Gasteiger partial charge on any atom is 0.264 e. The van der Waals surface area contributed by atoms with Gasteiger partial charge in [-0.2, -0.15) is 0 Å². The number of para-hydroxylation sites is 3. The van der Waals surface area contributed by atoms with E-state index in [4.69, 9.17) is 4.74 Å². The number of benzene rings is 4. The van der Waals surface area contributed by atoms with Crippen LogP contribution >= 0.6 is 0 Å². The second-order valence-electron chi connectivity index (χ2n) is 8.94. The highest BCUT2D eigenvalue weighted by Gasteiger charge is 2.29. The molecule has 0 fully saturated rings. The zero-order valence-electron chi connectivity index (χ0n) is 22.2. The molecular weight excluding hydrogens is 550 g/mol. The van der Waals surface area contributed by atoms with E-state index >= 15 is 0 Å². The molecule has 0 saturated carbocycles. The van der Waals surface area contributed by atoms with E-state index in [1.54, 1.807) is 42.5 Å². The van der Waals surface area contributed by atoms with Crippen molar-refractivity contribution in [3.63, 3.8) is 0 Å². The number of hydrogen-bond acceptors (Lipinski definition) is 6. The van der Waals surface area contributed by atoms with Crippen LogP contribution in [0.15, 0.2) is 107 Å². The molecule has 0 spiro atoms. The zero-order valence-corrected chi connectivity index (χ0v) is 23.8. The SMILES string of the molecule is COc1ccccc1N(CC(=O)Nc1ccc(S(=O)(=O)Nc2c(C)cccc2C)cc1)S(=O)(=O)c1ccccc1. The van der Waals surface area contributed by atoms with Crippen LogP contribution < -0.4 is 19.1 Å². The van der Waals surface area contributed by atoms with Crippen LogP contribution in [0.5, 0.6) is 5.75 Å². The molecule has 0 aliphatic rings. The van der Waals surface area contributed by atoms with Crippen LogP contribution in [0.1, 0.15) is 11.1 Å². The van der Waals surface area contributed by atoms with Crippen LogP contribution in [-0.4, -0.2) is 36.4 Å². The van der Waals surface area contributed by atoms with Crippen molar-refractivity contribution < 1.29 is 26.4 Å². The lowest BCUT2D eigenvalue weighted by atomic mass is 10.1. The number of amides is 1. The van der Waals surface area contributed by atoms with Crippen molar-refractivity contribution in [2.24, 2.45) is 0 Å². The van der Waals surface area contributed by atoms with E-state index in [1.165, 1.54) is 43.5 Å². The Morgan fingerprint density at radius 2 is 1.35 bits per heavy atom. The van der Waals surface area contributed by atoms with Crippen LogP contribution in [0, 0.1) is 13.8 Å². The predicted octanol–water partition coefficient (Wildman–Crippen LogP) is 4.95. The van der Waals surface area contributed by atoms with Gasteiger partial charge in [0.25, 0.3) is 20.0 Å². The summed E-state index contributed by atoms with van der Waals surface area (Å²) in [5.41, 5.74) is 2.59. The van der Waals surface area contributed by atoms with Gasteiger partial charge < -0.3 is 10.1 Å². The molecule has 1 amide bonds. The molecule has 0 heterocycles. The second-order valence-corrected chi connectivity index (χ2v) is 12.5. The standard InChI is InChI=1S/C29H29N3O6S2/c1-21-10-9-11-22(2)29(21)31-39(34,35)24-18-16-23(17-19-24)30-28(33)20-32(26-14-7-8-15-27(26)38-3)40(36,37)25-12-5-4-6-13-25/h4-19,31H,20H2,1-3H3,(H,30,33). The number of anilines is 3. The maximum absolute atomic E-state index is 13.6. The number of aryl methyl sites for hydroxylation is 2. The Bertz CT molecular complexity index is 1700. The minimum atomic E-state index is -4.13. The fourth-order valence-corrected chi connectivity index (χ4v) is 6.73. The molecule has 0 aliphatic carbocycles. The number of rotatable bonds is 10. The molecule has 40 heavy (non-hydrogen) atoms. The molecule has 0 bridgehead atoms. The fourth-order valence-electron chi connectivity index (χ4n) is 4.07. The number of nitrogens with one attached hydrogen (secondary N) is 2. The topological polar surface area (TPSA) is 122 Å². The third-order valence-electron chi connectivity index (χ3n) is 6.14. The minimum Gasteiger partial charge on any atom is -0.495 e. The number of nitrogens with zero attached hydrogens (tertiary/aromatic N) is 1. The van der Waals surface area contributed by atoms with Gasteiger partial charge in [-0.1, -0.05) is 48.5 Å². The van der Waals surface area contributed by atoms with E-state index in [-0.39, 0.29) is 21.2 Å². The Hall–Kier alpha value is -4.35. The summed E-state index contributed by atoms with van der Waals surface area (Å²) in [7, 11) is -6.60. The molecule has 4 rings (SSSR count). The summed E-state index contributed by atoms with van der Waals surface area (Å²) >= 11 is 0. The quantitative estimate of drug-likeness (QED) is 0.274. The van der Waals surface area contributed by atoms with Gasteiger partial charge in [0.1, 0.15) is 12.3 Å². The highest BCUT2D eigenvalue weighted by Crippen LogP contribution is 2.32. The number of ether oxygens (including phenoxy) is 1. The van der Waals surface area contributed by atoms with Gasteiger partial charge >= 0.3 is 0 Å².